The van der Waals surface area contributed by atoms with Gasteiger partial charge in [0.1, 0.15) is 0 Å². The van der Waals surface area contributed by atoms with Gasteiger partial charge in [-0.2, -0.15) is 11.8 Å². The highest BCUT2D eigenvalue weighted by Gasteiger charge is 2.66. The third-order valence-electron chi connectivity index (χ3n) is 4.50. The highest BCUT2D eigenvalue weighted by Crippen LogP contribution is 2.70. The van der Waals surface area contributed by atoms with Crippen molar-refractivity contribution in [1.29, 1.82) is 0 Å². The lowest BCUT2D eigenvalue weighted by Crippen LogP contribution is -2.44. The van der Waals surface area contributed by atoms with Crippen molar-refractivity contribution in [3.63, 3.8) is 0 Å². The number of hydrogen-bond donors (Lipinski definition) is 0. The van der Waals surface area contributed by atoms with Gasteiger partial charge in [-0.1, -0.05) is 36.4 Å². The summed E-state index contributed by atoms with van der Waals surface area (Å²) in [7, 11) is 0. The molecule has 0 aromatic heterocycles. The monoisotopic (exact) mass is 308 g/mol. The number of halogens is 1. The van der Waals surface area contributed by atoms with Crippen LogP contribution in [0.2, 0.25) is 0 Å². The summed E-state index contributed by atoms with van der Waals surface area (Å²) in [6.07, 6.45) is 3.04. The predicted molar refractivity (Wildman–Crippen MR) is 67.5 cm³/mol. The molecule has 5 unspecified atom stereocenters. The summed E-state index contributed by atoms with van der Waals surface area (Å²) < 4.78 is 0.727. The topological polar surface area (TPSA) is 0 Å². The Hall–Kier alpha value is 1.08. The molecule has 0 aromatic carbocycles. The predicted octanol–water partition coefficient (Wildman–Crippen LogP) is 3.59. The number of hydrogen-bond acceptors (Lipinski definition) is 1. The molecule has 1 aliphatic heterocycles. The number of fused-ring (bicyclic) bond motifs is 3. The van der Waals surface area contributed by atoms with Gasteiger partial charge in [-0.25, -0.2) is 0 Å². The minimum atomic E-state index is 0.727. The Bertz CT molecular complexity index is 240. The van der Waals surface area contributed by atoms with Gasteiger partial charge >= 0.3 is 0 Å². The van der Waals surface area contributed by atoms with E-state index in [-0.39, 0.29) is 0 Å². The Kier molecular flexibility index (Phi) is 2.01. The normalized spacial score (nSPS) is 58.2. The van der Waals surface area contributed by atoms with Crippen LogP contribution in [0.25, 0.3) is 0 Å². The molecule has 2 saturated carbocycles. The van der Waals surface area contributed by atoms with E-state index in [0.29, 0.717) is 0 Å². The fraction of sp³-hybridized carbons (Fsp3) is 1.00. The molecular formula is C11H17IS. The van der Waals surface area contributed by atoms with E-state index in [9.17, 15) is 0 Å². The second-order valence-corrected chi connectivity index (χ2v) is 8.52. The van der Waals surface area contributed by atoms with Gasteiger partial charge in [0, 0.05) is 8.67 Å². The summed E-state index contributed by atoms with van der Waals surface area (Å²) in [6, 6.07) is 0. The number of rotatable bonds is 1. The largest absolute Gasteiger partial charge is 0.158 e. The van der Waals surface area contributed by atoms with Gasteiger partial charge in [0.15, 0.2) is 0 Å². The molecule has 2 aliphatic carbocycles. The van der Waals surface area contributed by atoms with Gasteiger partial charge in [-0.05, 0) is 42.3 Å². The molecule has 13 heavy (non-hydrogen) atoms. The zero-order valence-corrected chi connectivity index (χ0v) is 11.3. The van der Waals surface area contributed by atoms with Crippen molar-refractivity contribution in [3.05, 3.63) is 0 Å². The first-order chi connectivity index (χ1) is 6.14. The molecular weight excluding hydrogens is 291 g/mol. The standard InChI is InChI=1S/C11H17IS/c1-6(2)9-10-7(5-13-10)8-3-4-11(8,9)12/h6-10H,3-5H2,1-2H3. The van der Waals surface area contributed by atoms with Crippen LogP contribution in [0, 0.1) is 23.7 Å². The van der Waals surface area contributed by atoms with E-state index in [1.807, 2.05) is 0 Å². The highest BCUT2D eigenvalue weighted by atomic mass is 127. The van der Waals surface area contributed by atoms with Crippen LogP contribution in [-0.2, 0) is 0 Å². The van der Waals surface area contributed by atoms with E-state index in [0.717, 1.165) is 32.3 Å². The zero-order chi connectivity index (χ0) is 9.22. The molecule has 74 valence electrons. The lowest BCUT2D eigenvalue weighted by Gasteiger charge is -2.46. The lowest BCUT2D eigenvalue weighted by atomic mass is 9.68. The van der Waals surface area contributed by atoms with Crippen LogP contribution >= 0.6 is 34.4 Å². The summed E-state index contributed by atoms with van der Waals surface area (Å²) in [5, 5.41) is 1.05. The van der Waals surface area contributed by atoms with Gasteiger partial charge in [-0.15, -0.1) is 0 Å². The van der Waals surface area contributed by atoms with Crippen LogP contribution in [0.3, 0.4) is 0 Å². The third-order valence-corrected chi connectivity index (χ3v) is 8.16. The quantitative estimate of drug-likeness (QED) is 0.527. The van der Waals surface area contributed by atoms with Crippen molar-refractivity contribution in [3.8, 4) is 0 Å². The Morgan fingerprint density at radius 1 is 1.46 bits per heavy atom. The molecule has 1 saturated heterocycles. The van der Waals surface area contributed by atoms with Crippen molar-refractivity contribution < 1.29 is 0 Å². The van der Waals surface area contributed by atoms with E-state index in [2.05, 4.69) is 48.2 Å². The van der Waals surface area contributed by atoms with Gasteiger partial charge in [0.25, 0.3) is 0 Å². The Labute approximate surface area is 98.8 Å². The smallest absolute Gasteiger partial charge is 0.0295 e. The minimum absolute atomic E-state index is 0.727. The molecule has 3 rings (SSSR count). The van der Waals surface area contributed by atoms with E-state index in [1.165, 1.54) is 18.6 Å². The summed E-state index contributed by atoms with van der Waals surface area (Å²) >= 11 is 5.07. The molecule has 0 radical (unpaired) electrons. The van der Waals surface area contributed by atoms with Crippen LogP contribution in [0.5, 0.6) is 0 Å². The lowest BCUT2D eigenvalue weighted by molar-refractivity contribution is 0.186. The van der Waals surface area contributed by atoms with Gasteiger partial charge in [0.2, 0.25) is 0 Å². The maximum Gasteiger partial charge on any atom is 0.0295 e. The summed E-state index contributed by atoms with van der Waals surface area (Å²) in [4.78, 5) is 0. The fourth-order valence-corrected chi connectivity index (χ4v) is 8.07. The van der Waals surface area contributed by atoms with Crippen molar-refractivity contribution in [2.75, 3.05) is 5.75 Å². The third kappa shape index (κ3) is 1.000. The second kappa shape index (κ2) is 2.81. The van der Waals surface area contributed by atoms with Crippen LogP contribution < -0.4 is 0 Å². The molecule has 3 aliphatic rings. The molecule has 0 bridgehead atoms. The fourth-order valence-electron chi connectivity index (χ4n) is 3.81. The molecule has 0 nitrogen and oxygen atoms in total. The average molecular weight is 308 g/mol. The van der Waals surface area contributed by atoms with Crippen molar-refractivity contribution in [1.82, 2.24) is 0 Å². The number of alkyl halides is 1. The molecule has 5 atom stereocenters. The molecule has 0 spiro atoms. The van der Waals surface area contributed by atoms with E-state index < -0.39 is 0 Å². The van der Waals surface area contributed by atoms with Crippen molar-refractivity contribution in [2.45, 2.75) is 35.4 Å². The van der Waals surface area contributed by atoms with Crippen LogP contribution in [0.4, 0.5) is 0 Å². The summed E-state index contributed by atoms with van der Waals surface area (Å²) in [6.45, 7) is 4.86. The van der Waals surface area contributed by atoms with Crippen molar-refractivity contribution >= 4 is 34.4 Å². The molecule has 0 amide bonds. The van der Waals surface area contributed by atoms with E-state index in [1.54, 1.807) is 0 Å². The zero-order valence-electron chi connectivity index (χ0n) is 8.29. The van der Waals surface area contributed by atoms with Crippen LogP contribution in [0.15, 0.2) is 0 Å². The second-order valence-electron chi connectivity index (χ2n) is 5.30. The van der Waals surface area contributed by atoms with Gasteiger partial charge < -0.3 is 0 Å². The first-order valence-corrected chi connectivity index (χ1v) is 7.58. The molecule has 1 heterocycles. The Morgan fingerprint density at radius 2 is 2.23 bits per heavy atom. The highest BCUT2D eigenvalue weighted by molar-refractivity contribution is 14.1. The molecule has 0 aromatic rings. The van der Waals surface area contributed by atoms with Crippen LogP contribution in [-0.4, -0.2) is 14.4 Å². The van der Waals surface area contributed by atoms with Gasteiger partial charge in [0.05, 0.1) is 0 Å². The maximum absolute atomic E-state index is 2.81. The molecule has 3 fully saturated rings. The summed E-state index contributed by atoms with van der Waals surface area (Å²) in [5.41, 5.74) is 0. The Morgan fingerprint density at radius 3 is 2.54 bits per heavy atom. The Balaban J connectivity index is 1.93. The minimum Gasteiger partial charge on any atom is -0.158 e. The SMILES string of the molecule is CC(C)C1C2SCC2C2CCC21I. The average Bonchev–Trinajstić information content (AvgIpc) is 2.12. The number of thioether (sulfide) groups is 1. The van der Waals surface area contributed by atoms with Gasteiger partial charge in [-0.3, -0.25) is 0 Å². The molecule has 0 N–H and O–H groups in total. The van der Waals surface area contributed by atoms with Crippen LogP contribution in [0.1, 0.15) is 26.7 Å². The van der Waals surface area contributed by atoms with E-state index >= 15 is 0 Å². The van der Waals surface area contributed by atoms with Crippen molar-refractivity contribution in [2.24, 2.45) is 23.7 Å². The first-order valence-electron chi connectivity index (χ1n) is 5.45. The molecule has 2 heteroatoms. The summed E-state index contributed by atoms with van der Waals surface area (Å²) in [5.74, 6) is 5.62. The first kappa shape index (κ1) is 9.32. The van der Waals surface area contributed by atoms with E-state index in [4.69, 9.17) is 0 Å². The maximum atomic E-state index is 2.81.